The molecule has 3 nitrogen and oxygen atoms in total. The Kier molecular flexibility index (Phi) is 13.5. The molecule has 0 heterocycles. The number of methoxy groups -OCH3 is 2. The number of nitrogens with zero attached hydrogens (tertiary/aromatic N) is 1. The molecule has 0 radical (unpaired) electrons. The number of ether oxygens (including phenoxy) is 2. The van der Waals surface area contributed by atoms with Crippen molar-refractivity contribution in [3.63, 3.8) is 0 Å². The molecule has 0 aliphatic rings. The van der Waals surface area contributed by atoms with Crippen LogP contribution in [0, 0.1) is 6.04 Å². The topological polar surface area (TPSA) is 21.7 Å². The Hall–Kier alpha value is 0.521. The van der Waals surface area contributed by atoms with Crippen molar-refractivity contribution < 1.29 is 28.3 Å². The van der Waals surface area contributed by atoms with Crippen LogP contribution in [0.2, 0.25) is 39.3 Å². The molecule has 0 fully saturated rings. The van der Waals surface area contributed by atoms with E-state index in [1.54, 1.807) is 14.2 Å². The number of hydrogen-bond donors (Lipinski definition) is 0. The first-order valence-corrected chi connectivity index (χ1v) is 15.0. The monoisotopic (exact) mass is 337 g/mol. The van der Waals surface area contributed by atoms with Gasteiger partial charge in [0.2, 0.25) is 0 Å². The van der Waals surface area contributed by atoms with E-state index >= 15 is 0 Å². The summed E-state index contributed by atoms with van der Waals surface area (Å²) in [5, 5.41) is 0. The van der Waals surface area contributed by atoms with E-state index in [4.69, 9.17) is 9.47 Å². The summed E-state index contributed by atoms with van der Waals surface area (Å²) in [5.41, 5.74) is 4.07. The van der Waals surface area contributed by atoms with Crippen LogP contribution in [0.5, 0.6) is 0 Å². The van der Waals surface area contributed by atoms with E-state index < -0.39 is 16.1 Å². The molecule has 0 N–H and O–H groups in total. The molecule has 0 amide bonds. The minimum atomic E-state index is -1.21. The molecule has 22 heavy (non-hydrogen) atoms. The van der Waals surface area contributed by atoms with Crippen LogP contribution in [0.15, 0.2) is 11.3 Å². The zero-order valence-electron chi connectivity index (χ0n) is 16.5. The molecule has 0 aliphatic heterocycles. The van der Waals surface area contributed by atoms with E-state index in [1.807, 2.05) is 0 Å². The van der Waals surface area contributed by atoms with Gasteiger partial charge in [0, 0.05) is 27.3 Å². The Morgan fingerprint density at radius 2 is 1.41 bits per heavy atom. The van der Waals surface area contributed by atoms with Crippen molar-refractivity contribution >= 4 is 16.1 Å². The standard InChI is InChI=1S/C16H36NO2Si2.Li/c1-18-11-9-17(10-12-19-2)13-16(14-20(3,4)5)15-21(6,7)8;/h14-15H,9-13H2,1-8H3;/q-1;+1/b16-14-;. The first-order valence-electron chi connectivity index (χ1n) is 7.85. The molecule has 126 valence electrons. The van der Waals surface area contributed by atoms with E-state index in [9.17, 15) is 0 Å². The average Bonchev–Trinajstić information content (AvgIpc) is 2.28. The van der Waals surface area contributed by atoms with Gasteiger partial charge in [0.25, 0.3) is 0 Å². The van der Waals surface area contributed by atoms with Gasteiger partial charge in [-0.3, -0.25) is 4.90 Å². The molecule has 0 rings (SSSR count). The molecule has 0 aromatic carbocycles. The predicted molar refractivity (Wildman–Crippen MR) is 99.3 cm³/mol. The fraction of sp³-hybridized carbons (Fsp3) is 0.812. The summed E-state index contributed by atoms with van der Waals surface area (Å²) >= 11 is 0. The molecule has 0 atom stereocenters. The van der Waals surface area contributed by atoms with Gasteiger partial charge in [-0.1, -0.05) is 39.3 Å². The van der Waals surface area contributed by atoms with Gasteiger partial charge in [-0.15, -0.1) is 0 Å². The molecule has 0 aromatic rings. The summed E-state index contributed by atoms with van der Waals surface area (Å²) in [6, 6.07) is 2.55. The second kappa shape index (κ2) is 12.0. The fourth-order valence-corrected chi connectivity index (χ4v) is 4.95. The molecular formula is C16H36LiNO2Si2. The summed E-state index contributed by atoms with van der Waals surface area (Å²) in [7, 11) is 1.11. The normalized spacial score (nSPS) is 13.2. The molecule has 6 heteroatoms. The summed E-state index contributed by atoms with van der Waals surface area (Å²) in [6.07, 6.45) is 0. The predicted octanol–water partition coefficient (Wildman–Crippen LogP) is 0.471. The average molecular weight is 338 g/mol. The number of rotatable bonds is 11. The van der Waals surface area contributed by atoms with Crippen molar-refractivity contribution in [3.05, 3.63) is 17.3 Å². The van der Waals surface area contributed by atoms with Gasteiger partial charge in [-0.05, 0) is 22.7 Å². The SMILES string of the molecule is COCCN(CCOC)C/C(=C/[Si](C)(C)C)[CH-][Si](C)(C)C.[Li+]. The second-order valence-electron chi connectivity index (χ2n) is 7.86. The van der Waals surface area contributed by atoms with E-state index in [0.717, 1.165) is 32.8 Å². The van der Waals surface area contributed by atoms with E-state index in [2.05, 4.69) is 55.9 Å². The van der Waals surface area contributed by atoms with Crippen LogP contribution in [0.4, 0.5) is 0 Å². The van der Waals surface area contributed by atoms with Crippen molar-refractivity contribution in [1.82, 2.24) is 4.90 Å². The van der Waals surface area contributed by atoms with Crippen molar-refractivity contribution in [2.45, 2.75) is 39.3 Å². The van der Waals surface area contributed by atoms with Crippen molar-refractivity contribution in [3.8, 4) is 0 Å². The number of hydrogen-bond acceptors (Lipinski definition) is 3. The van der Waals surface area contributed by atoms with Gasteiger partial charge in [-0.25, -0.2) is 17.3 Å². The van der Waals surface area contributed by atoms with Gasteiger partial charge in [0.15, 0.2) is 0 Å². The van der Waals surface area contributed by atoms with Gasteiger partial charge in [0.1, 0.15) is 0 Å². The van der Waals surface area contributed by atoms with Gasteiger partial charge < -0.3 is 9.47 Å². The van der Waals surface area contributed by atoms with Crippen LogP contribution in [-0.4, -0.2) is 68.1 Å². The Labute approximate surface area is 153 Å². The molecule has 0 bridgehead atoms. The third-order valence-electron chi connectivity index (χ3n) is 2.87. The van der Waals surface area contributed by atoms with Crippen LogP contribution < -0.4 is 18.9 Å². The molecule has 0 aromatic heterocycles. The maximum absolute atomic E-state index is 5.24. The van der Waals surface area contributed by atoms with Crippen LogP contribution >= 0.6 is 0 Å². The van der Waals surface area contributed by atoms with Crippen molar-refractivity contribution in [1.29, 1.82) is 0 Å². The van der Waals surface area contributed by atoms with E-state index in [0.29, 0.717) is 0 Å². The minimum Gasteiger partial charge on any atom is -0.383 e. The smallest absolute Gasteiger partial charge is 0.383 e. The van der Waals surface area contributed by atoms with E-state index in [1.165, 1.54) is 5.57 Å². The summed E-state index contributed by atoms with van der Waals surface area (Å²) in [6.45, 7) is 18.9. The Morgan fingerprint density at radius 3 is 1.73 bits per heavy atom. The largest absolute Gasteiger partial charge is 1.00 e. The van der Waals surface area contributed by atoms with Crippen LogP contribution in [0.1, 0.15) is 0 Å². The Bertz CT molecular complexity index is 304. The van der Waals surface area contributed by atoms with Gasteiger partial charge in [0.05, 0.1) is 13.2 Å². The Morgan fingerprint density at radius 1 is 0.955 bits per heavy atom. The first-order chi connectivity index (χ1) is 9.57. The molecule has 0 spiro atoms. The zero-order chi connectivity index (χ0) is 16.5. The molecular weight excluding hydrogens is 301 g/mol. The quantitative estimate of drug-likeness (QED) is 0.404. The second-order valence-corrected chi connectivity index (χ2v) is 17.9. The third-order valence-corrected chi connectivity index (χ3v) is 5.34. The van der Waals surface area contributed by atoms with Crippen LogP contribution in [0.3, 0.4) is 0 Å². The van der Waals surface area contributed by atoms with E-state index in [-0.39, 0.29) is 18.9 Å². The maximum Gasteiger partial charge on any atom is 1.00 e. The fourth-order valence-electron chi connectivity index (χ4n) is 2.21. The summed E-state index contributed by atoms with van der Waals surface area (Å²) in [4.78, 5) is 2.44. The molecule has 0 unspecified atom stereocenters. The zero-order valence-corrected chi connectivity index (χ0v) is 18.5. The first kappa shape index (κ1) is 24.8. The van der Waals surface area contributed by atoms with Gasteiger partial charge in [-0.2, -0.15) is 0 Å². The molecule has 0 saturated heterocycles. The molecule has 0 saturated carbocycles. The third kappa shape index (κ3) is 15.4. The summed E-state index contributed by atoms with van der Waals surface area (Å²) < 4.78 is 10.5. The summed E-state index contributed by atoms with van der Waals surface area (Å²) in [5.74, 6) is 0. The maximum atomic E-state index is 5.24. The molecule has 0 aliphatic carbocycles. The van der Waals surface area contributed by atoms with Crippen molar-refractivity contribution in [2.24, 2.45) is 0 Å². The van der Waals surface area contributed by atoms with Crippen molar-refractivity contribution in [2.75, 3.05) is 47.1 Å². The van der Waals surface area contributed by atoms with Crippen LogP contribution in [0.25, 0.3) is 0 Å². The van der Waals surface area contributed by atoms with Crippen LogP contribution in [-0.2, 0) is 9.47 Å². The Balaban J connectivity index is 0. The minimum absolute atomic E-state index is 0. The van der Waals surface area contributed by atoms with Gasteiger partial charge >= 0.3 is 18.9 Å².